The summed E-state index contributed by atoms with van der Waals surface area (Å²) in [6.45, 7) is 6.36. The zero-order chi connectivity index (χ0) is 16.7. The maximum Gasteiger partial charge on any atom is 0.159 e. The fraction of sp³-hybridized carbons (Fsp3) is 0.238. The molecule has 0 saturated carbocycles. The Morgan fingerprint density at radius 1 is 0.917 bits per heavy atom. The zero-order valence-corrected chi connectivity index (χ0v) is 14.3. The largest absolute Gasteiger partial charge is 0.239 e. The number of aryl methyl sites for hydroxylation is 2. The van der Waals surface area contributed by atoms with E-state index in [-0.39, 0.29) is 6.04 Å². The molecule has 4 rings (SSSR count). The van der Waals surface area contributed by atoms with E-state index in [4.69, 9.17) is 10.1 Å². The molecule has 3 nitrogen and oxygen atoms in total. The number of aromatic nitrogens is 2. The van der Waals surface area contributed by atoms with Crippen LogP contribution in [0.2, 0.25) is 0 Å². The Bertz CT molecular complexity index is 920. The van der Waals surface area contributed by atoms with Gasteiger partial charge in [0.15, 0.2) is 5.82 Å². The van der Waals surface area contributed by atoms with E-state index < -0.39 is 0 Å². The first-order chi connectivity index (χ1) is 11.6. The van der Waals surface area contributed by atoms with Crippen LogP contribution in [-0.2, 0) is 0 Å². The Labute approximate surface area is 142 Å². The molecule has 0 aliphatic carbocycles. The second-order valence-corrected chi connectivity index (χ2v) is 6.52. The SMILES string of the molecule is CC1=Nc2c(-c3ccccc3)c(C)nn2[C@@H](c2ccccc2C)C1. The minimum Gasteiger partial charge on any atom is -0.239 e. The molecule has 120 valence electrons. The van der Waals surface area contributed by atoms with Crippen LogP contribution in [0.1, 0.15) is 36.2 Å². The molecule has 3 aromatic rings. The highest BCUT2D eigenvalue weighted by Gasteiger charge is 2.28. The van der Waals surface area contributed by atoms with E-state index in [1.807, 2.05) is 6.07 Å². The van der Waals surface area contributed by atoms with Gasteiger partial charge in [-0.05, 0) is 37.5 Å². The number of hydrogen-bond acceptors (Lipinski definition) is 2. The molecule has 24 heavy (non-hydrogen) atoms. The first kappa shape index (κ1) is 14.9. The molecule has 2 heterocycles. The molecule has 0 bridgehead atoms. The Hall–Kier alpha value is -2.68. The summed E-state index contributed by atoms with van der Waals surface area (Å²) in [7, 11) is 0. The average molecular weight is 315 g/mol. The van der Waals surface area contributed by atoms with Crippen molar-refractivity contribution in [2.24, 2.45) is 4.99 Å². The van der Waals surface area contributed by atoms with E-state index in [9.17, 15) is 0 Å². The minimum absolute atomic E-state index is 0.217. The van der Waals surface area contributed by atoms with E-state index in [2.05, 4.69) is 74.0 Å². The Morgan fingerprint density at radius 3 is 2.38 bits per heavy atom. The van der Waals surface area contributed by atoms with Gasteiger partial charge >= 0.3 is 0 Å². The summed E-state index contributed by atoms with van der Waals surface area (Å²) in [5.41, 5.74) is 7.15. The van der Waals surface area contributed by atoms with Crippen molar-refractivity contribution in [1.82, 2.24) is 9.78 Å². The third-order valence-corrected chi connectivity index (χ3v) is 4.75. The smallest absolute Gasteiger partial charge is 0.159 e. The first-order valence-electron chi connectivity index (χ1n) is 8.39. The average Bonchev–Trinajstić information content (AvgIpc) is 2.91. The Balaban J connectivity index is 1.92. The number of aliphatic imine (C=N–C) groups is 1. The lowest BCUT2D eigenvalue weighted by atomic mass is 9.96. The summed E-state index contributed by atoms with van der Waals surface area (Å²) in [6, 6.07) is 19.2. The van der Waals surface area contributed by atoms with Crippen LogP contribution in [0.3, 0.4) is 0 Å². The third-order valence-electron chi connectivity index (χ3n) is 4.75. The molecule has 0 amide bonds. The van der Waals surface area contributed by atoms with Crippen molar-refractivity contribution < 1.29 is 0 Å². The lowest BCUT2D eigenvalue weighted by Crippen LogP contribution is -2.19. The molecule has 0 saturated heterocycles. The van der Waals surface area contributed by atoms with Gasteiger partial charge in [-0.1, -0.05) is 54.6 Å². The van der Waals surface area contributed by atoms with Crippen molar-refractivity contribution in [2.75, 3.05) is 0 Å². The van der Waals surface area contributed by atoms with Gasteiger partial charge in [-0.15, -0.1) is 0 Å². The van der Waals surface area contributed by atoms with E-state index in [1.54, 1.807) is 0 Å². The van der Waals surface area contributed by atoms with Crippen LogP contribution in [0.15, 0.2) is 59.6 Å². The van der Waals surface area contributed by atoms with Crippen LogP contribution in [-0.4, -0.2) is 15.5 Å². The molecular weight excluding hydrogens is 294 g/mol. The normalized spacial score (nSPS) is 16.6. The van der Waals surface area contributed by atoms with Crippen molar-refractivity contribution in [2.45, 2.75) is 33.2 Å². The zero-order valence-electron chi connectivity index (χ0n) is 14.3. The maximum absolute atomic E-state index is 4.87. The van der Waals surface area contributed by atoms with Gasteiger partial charge in [0.05, 0.1) is 11.7 Å². The van der Waals surface area contributed by atoms with Crippen LogP contribution in [0.25, 0.3) is 11.1 Å². The summed E-state index contributed by atoms with van der Waals surface area (Å²) in [5.74, 6) is 0.982. The van der Waals surface area contributed by atoms with Gasteiger partial charge in [0.1, 0.15) is 0 Å². The predicted molar refractivity (Wildman–Crippen MR) is 99.1 cm³/mol. The topological polar surface area (TPSA) is 30.2 Å². The van der Waals surface area contributed by atoms with Gasteiger partial charge in [0, 0.05) is 17.7 Å². The van der Waals surface area contributed by atoms with Crippen molar-refractivity contribution in [3.05, 3.63) is 71.4 Å². The van der Waals surface area contributed by atoms with Gasteiger partial charge in [-0.2, -0.15) is 5.10 Å². The third kappa shape index (κ3) is 2.37. The van der Waals surface area contributed by atoms with Gasteiger partial charge in [-0.3, -0.25) is 0 Å². The number of nitrogens with zero attached hydrogens (tertiary/aromatic N) is 3. The van der Waals surface area contributed by atoms with Crippen LogP contribution in [0, 0.1) is 13.8 Å². The highest BCUT2D eigenvalue weighted by atomic mass is 15.4. The molecule has 0 N–H and O–H groups in total. The summed E-state index contributed by atoms with van der Waals surface area (Å²) < 4.78 is 2.12. The summed E-state index contributed by atoms with van der Waals surface area (Å²) in [6.07, 6.45) is 0.910. The molecule has 0 fully saturated rings. The van der Waals surface area contributed by atoms with E-state index in [1.165, 1.54) is 16.7 Å². The highest BCUT2D eigenvalue weighted by molar-refractivity contribution is 5.90. The number of fused-ring (bicyclic) bond motifs is 1. The van der Waals surface area contributed by atoms with Crippen LogP contribution < -0.4 is 0 Å². The van der Waals surface area contributed by atoms with E-state index in [0.717, 1.165) is 29.2 Å². The van der Waals surface area contributed by atoms with E-state index >= 15 is 0 Å². The molecule has 3 heteroatoms. The molecular formula is C21H21N3. The predicted octanol–water partition coefficient (Wildman–Crippen LogP) is 5.25. The van der Waals surface area contributed by atoms with Gasteiger partial charge in [0.2, 0.25) is 0 Å². The standard InChI is InChI=1S/C21H21N3/c1-14-9-7-8-12-18(14)19-13-15(2)22-21-20(16(3)23-24(19)21)17-10-5-4-6-11-17/h4-12,19H,13H2,1-3H3/t19-/m1/s1. The minimum atomic E-state index is 0.217. The van der Waals surface area contributed by atoms with Gasteiger partial charge in [-0.25, -0.2) is 9.67 Å². The fourth-order valence-corrected chi connectivity index (χ4v) is 3.60. The lowest BCUT2D eigenvalue weighted by Gasteiger charge is -2.25. The molecule has 1 aliphatic rings. The highest BCUT2D eigenvalue weighted by Crippen LogP contribution is 2.41. The lowest BCUT2D eigenvalue weighted by molar-refractivity contribution is 0.526. The molecule has 0 radical (unpaired) electrons. The first-order valence-corrected chi connectivity index (χ1v) is 8.39. The van der Waals surface area contributed by atoms with Crippen molar-refractivity contribution in [1.29, 1.82) is 0 Å². The summed E-state index contributed by atoms with van der Waals surface area (Å²) in [5, 5.41) is 4.87. The van der Waals surface area contributed by atoms with Gasteiger partial charge in [0.25, 0.3) is 0 Å². The van der Waals surface area contributed by atoms with Gasteiger partial charge < -0.3 is 0 Å². The number of hydrogen-bond donors (Lipinski definition) is 0. The molecule has 0 unspecified atom stereocenters. The summed E-state index contributed by atoms with van der Waals surface area (Å²) in [4.78, 5) is 4.87. The van der Waals surface area contributed by atoms with Crippen LogP contribution >= 0.6 is 0 Å². The molecule has 2 aromatic carbocycles. The Kier molecular flexibility index (Phi) is 3.57. The van der Waals surface area contributed by atoms with Crippen LogP contribution in [0.4, 0.5) is 5.82 Å². The Morgan fingerprint density at radius 2 is 1.62 bits per heavy atom. The number of rotatable bonds is 2. The molecule has 1 atom stereocenters. The number of benzene rings is 2. The fourth-order valence-electron chi connectivity index (χ4n) is 3.60. The van der Waals surface area contributed by atoms with Crippen molar-refractivity contribution in [3.8, 4) is 11.1 Å². The van der Waals surface area contributed by atoms with Crippen molar-refractivity contribution in [3.63, 3.8) is 0 Å². The molecule has 1 aromatic heterocycles. The van der Waals surface area contributed by atoms with Crippen molar-refractivity contribution >= 4 is 11.5 Å². The monoisotopic (exact) mass is 315 g/mol. The molecule has 1 aliphatic heterocycles. The maximum atomic E-state index is 4.87. The van der Waals surface area contributed by atoms with Crippen LogP contribution in [0.5, 0.6) is 0 Å². The summed E-state index contributed by atoms with van der Waals surface area (Å²) >= 11 is 0. The van der Waals surface area contributed by atoms with E-state index in [0.29, 0.717) is 0 Å². The quantitative estimate of drug-likeness (QED) is 0.635. The second-order valence-electron chi connectivity index (χ2n) is 6.52. The molecule has 0 spiro atoms. The second kappa shape index (κ2) is 5.75.